The molecule has 0 amide bonds. The van der Waals surface area contributed by atoms with Gasteiger partial charge in [-0.3, -0.25) is 4.79 Å². The zero-order valence-electron chi connectivity index (χ0n) is 15.0. The summed E-state index contributed by atoms with van der Waals surface area (Å²) in [6.07, 6.45) is 6.18. The summed E-state index contributed by atoms with van der Waals surface area (Å²) in [6.45, 7) is 3.30. The van der Waals surface area contributed by atoms with Gasteiger partial charge in [-0.15, -0.1) is 0 Å². The second kappa shape index (κ2) is 7.17. The van der Waals surface area contributed by atoms with Crippen LogP contribution in [0, 0.1) is 11.8 Å². The van der Waals surface area contributed by atoms with E-state index < -0.39 is 0 Å². The predicted molar refractivity (Wildman–Crippen MR) is 101 cm³/mol. The van der Waals surface area contributed by atoms with Gasteiger partial charge in [-0.05, 0) is 67.1 Å². The highest BCUT2D eigenvalue weighted by Gasteiger charge is 2.29. The Hall–Kier alpha value is -1.87. The van der Waals surface area contributed by atoms with Crippen LogP contribution in [0.25, 0.3) is 10.8 Å². The normalized spacial score (nSPS) is 21.9. The monoisotopic (exact) mass is 337 g/mol. The van der Waals surface area contributed by atoms with Gasteiger partial charge in [-0.2, -0.15) is 0 Å². The van der Waals surface area contributed by atoms with E-state index in [1.54, 1.807) is 7.11 Å². The van der Waals surface area contributed by atoms with Crippen LogP contribution in [0.15, 0.2) is 36.4 Å². The first-order chi connectivity index (χ1) is 12.2. The quantitative estimate of drug-likeness (QED) is 0.750. The van der Waals surface area contributed by atoms with E-state index in [0.29, 0.717) is 5.78 Å². The number of hydrogen-bond donors (Lipinski definition) is 0. The maximum absolute atomic E-state index is 13.1. The Morgan fingerprint density at radius 2 is 1.88 bits per heavy atom. The van der Waals surface area contributed by atoms with Crippen LogP contribution >= 0.6 is 0 Å². The molecule has 1 aliphatic heterocycles. The van der Waals surface area contributed by atoms with Crippen LogP contribution in [0.4, 0.5) is 0 Å². The Bertz CT molecular complexity index is 766. The number of methoxy groups -OCH3 is 1. The molecule has 25 heavy (non-hydrogen) atoms. The zero-order chi connectivity index (χ0) is 17.2. The molecular formula is C22H27NO2. The lowest BCUT2D eigenvalue weighted by Crippen LogP contribution is -2.33. The van der Waals surface area contributed by atoms with Crippen LogP contribution in [0.2, 0.25) is 0 Å². The summed E-state index contributed by atoms with van der Waals surface area (Å²) >= 11 is 0. The van der Waals surface area contributed by atoms with Crippen molar-refractivity contribution in [2.24, 2.45) is 11.8 Å². The van der Waals surface area contributed by atoms with Gasteiger partial charge in [0.05, 0.1) is 7.11 Å². The third-order valence-corrected chi connectivity index (χ3v) is 5.67. The minimum absolute atomic E-state index is 0.150. The summed E-state index contributed by atoms with van der Waals surface area (Å²) in [7, 11) is 1.68. The fraction of sp³-hybridized carbons (Fsp3) is 0.500. The molecule has 0 aromatic heterocycles. The van der Waals surface area contributed by atoms with Crippen molar-refractivity contribution in [2.45, 2.75) is 32.1 Å². The van der Waals surface area contributed by atoms with Crippen molar-refractivity contribution in [3.8, 4) is 5.75 Å². The molecule has 0 unspecified atom stereocenters. The van der Waals surface area contributed by atoms with E-state index in [4.69, 9.17) is 4.74 Å². The number of carbonyl (C=O) groups excluding carboxylic acids is 1. The van der Waals surface area contributed by atoms with Gasteiger partial charge in [-0.1, -0.05) is 24.6 Å². The van der Waals surface area contributed by atoms with Crippen LogP contribution in [-0.4, -0.2) is 37.4 Å². The summed E-state index contributed by atoms with van der Waals surface area (Å²) < 4.78 is 5.29. The van der Waals surface area contributed by atoms with E-state index in [9.17, 15) is 4.79 Å². The topological polar surface area (TPSA) is 29.5 Å². The SMILES string of the molecule is COc1ccc2cc(C(=O)[C@@H]3CCCCN(CC4CC4)C3)ccc2c1. The lowest BCUT2D eigenvalue weighted by molar-refractivity contribution is 0.0884. The van der Waals surface area contributed by atoms with E-state index >= 15 is 0 Å². The van der Waals surface area contributed by atoms with E-state index in [1.165, 1.54) is 32.2 Å². The Morgan fingerprint density at radius 1 is 1.08 bits per heavy atom. The van der Waals surface area contributed by atoms with Gasteiger partial charge in [0.15, 0.2) is 5.78 Å². The minimum Gasteiger partial charge on any atom is -0.497 e. The highest BCUT2D eigenvalue weighted by molar-refractivity contribution is 6.01. The summed E-state index contributed by atoms with van der Waals surface area (Å²) in [5, 5.41) is 2.22. The van der Waals surface area contributed by atoms with Gasteiger partial charge in [0.25, 0.3) is 0 Å². The molecule has 2 aliphatic rings. The average molecular weight is 337 g/mol. The number of benzene rings is 2. The Kier molecular flexibility index (Phi) is 4.76. The van der Waals surface area contributed by atoms with Crippen molar-refractivity contribution < 1.29 is 9.53 Å². The molecule has 1 heterocycles. The number of likely N-dealkylation sites (tertiary alicyclic amines) is 1. The molecule has 0 bridgehead atoms. The van der Waals surface area contributed by atoms with E-state index in [-0.39, 0.29) is 5.92 Å². The molecular weight excluding hydrogens is 310 g/mol. The number of ether oxygens (including phenoxy) is 1. The molecule has 1 atom stereocenters. The van der Waals surface area contributed by atoms with Gasteiger partial charge in [0.1, 0.15) is 5.75 Å². The summed E-state index contributed by atoms with van der Waals surface area (Å²) in [5.41, 5.74) is 0.857. The first-order valence-corrected chi connectivity index (χ1v) is 9.57. The number of fused-ring (bicyclic) bond motifs is 1. The maximum Gasteiger partial charge on any atom is 0.167 e. The van der Waals surface area contributed by atoms with Crippen molar-refractivity contribution in [1.82, 2.24) is 4.90 Å². The highest BCUT2D eigenvalue weighted by Crippen LogP contribution is 2.31. The van der Waals surface area contributed by atoms with Crippen LogP contribution in [-0.2, 0) is 0 Å². The van der Waals surface area contributed by atoms with Gasteiger partial charge < -0.3 is 9.64 Å². The molecule has 1 saturated heterocycles. The molecule has 2 fully saturated rings. The molecule has 1 saturated carbocycles. The number of hydrogen-bond acceptors (Lipinski definition) is 3. The van der Waals surface area contributed by atoms with Crippen molar-refractivity contribution in [3.05, 3.63) is 42.0 Å². The van der Waals surface area contributed by atoms with E-state index in [1.807, 2.05) is 36.4 Å². The van der Waals surface area contributed by atoms with Gasteiger partial charge in [0, 0.05) is 24.6 Å². The number of carbonyl (C=O) groups is 1. The second-order valence-corrected chi connectivity index (χ2v) is 7.69. The molecule has 0 spiro atoms. The molecule has 2 aromatic rings. The molecule has 3 nitrogen and oxygen atoms in total. The molecule has 132 valence electrons. The molecule has 2 aromatic carbocycles. The predicted octanol–water partition coefficient (Wildman–Crippen LogP) is 4.54. The summed E-state index contributed by atoms with van der Waals surface area (Å²) in [6, 6.07) is 12.1. The van der Waals surface area contributed by atoms with Crippen LogP contribution in [0.5, 0.6) is 5.75 Å². The Labute approximate surface area is 150 Å². The van der Waals surface area contributed by atoms with Crippen molar-refractivity contribution >= 4 is 16.6 Å². The highest BCUT2D eigenvalue weighted by atomic mass is 16.5. The van der Waals surface area contributed by atoms with Gasteiger partial charge in [0.2, 0.25) is 0 Å². The lowest BCUT2D eigenvalue weighted by atomic mass is 9.92. The Balaban J connectivity index is 1.53. The standard InChI is InChI=1S/C22H27NO2/c1-25-21-10-9-17-12-19(8-7-18(17)13-21)22(24)20-4-2-3-11-23(15-20)14-16-5-6-16/h7-10,12-13,16,20H,2-6,11,14-15H2,1H3/t20-/m1/s1. The molecule has 0 N–H and O–H groups in total. The zero-order valence-corrected chi connectivity index (χ0v) is 15.0. The van der Waals surface area contributed by atoms with Crippen LogP contribution in [0.3, 0.4) is 0 Å². The number of ketones is 1. The third kappa shape index (κ3) is 3.87. The fourth-order valence-corrected chi connectivity index (χ4v) is 4.01. The second-order valence-electron chi connectivity index (χ2n) is 7.69. The first kappa shape index (κ1) is 16.6. The van der Waals surface area contributed by atoms with E-state index in [2.05, 4.69) is 4.90 Å². The van der Waals surface area contributed by atoms with Crippen molar-refractivity contribution in [3.63, 3.8) is 0 Å². The summed E-state index contributed by atoms with van der Waals surface area (Å²) in [4.78, 5) is 15.7. The molecule has 0 radical (unpaired) electrons. The van der Waals surface area contributed by atoms with Crippen molar-refractivity contribution in [2.75, 3.05) is 26.7 Å². The van der Waals surface area contributed by atoms with Crippen LogP contribution < -0.4 is 4.74 Å². The first-order valence-electron chi connectivity index (χ1n) is 9.57. The lowest BCUT2D eigenvalue weighted by Gasteiger charge is -2.23. The molecule has 4 rings (SSSR count). The van der Waals surface area contributed by atoms with Crippen LogP contribution in [0.1, 0.15) is 42.5 Å². The number of nitrogens with zero attached hydrogens (tertiary/aromatic N) is 1. The third-order valence-electron chi connectivity index (χ3n) is 5.67. The van der Waals surface area contributed by atoms with Gasteiger partial charge >= 0.3 is 0 Å². The minimum atomic E-state index is 0.150. The maximum atomic E-state index is 13.1. The molecule has 3 heteroatoms. The summed E-state index contributed by atoms with van der Waals surface area (Å²) in [5.74, 6) is 2.22. The smallest absolute Gasteiger partial charge is 0.167 e. The number of Topliss-reactive ketones (excluding diaryl/α,β-unsaturated/α-hetero) is 1. The molecule has 1 aliphatic carbocycles. The fourth-order valence-electron chi connectivity index (χ4n) is 4.01. The Morgan fingerprint density at radius 3 is 2.68 bits per heavy atom. The average Bonchev–Trinajstić information content (AvgIpc) is 3.48. The van der Waals surface area contributed by atoms with Gasteiger partial charge in [-0.25, -0.2) is 0 Å². The van der Waals surface area contributed by atoms with E-state index in [0.717, 1.165) is 47.5 Å². The largest absolute Gasteiger partial charge is 0.497 e. The van der Waals surface area contributed by atoms with Crippen molar-refractivity contribution in [1.29, 1.82) is 0 Å². The number of rotatable bonds is 5.